The predicted molar refractivity (Wildman–Crippen MR) is 95.6 cm³/mol. The van der Waals surface area contributed by atoms with E-state index in [1.807, 2.05) is 30.3 Å². The number of benzene rings is 1. The lowest BCUT2D eigenvalue weighted by atomic mass is 10.1. The molecule has 2 amide bonds. The first-order valence-corrected chi connectivity index (χ1v) is 9.20. The number of hydrogen-bond acceptors (Lipinski definition) is 4. The third kappa shape index (κ3) is 5.30. The Balaban J connectivity index is 2.22. The maximum absolute atomic E-state index is 12.4. The van der Waals surface area contributed by atoms with Crippen LogP contribution in [0.15, 0.2) is 46.5 Å². The molecule has 0 bridgehead atoms. The van der Waals surface area contributed by atoms with Gasteiger partial charge in [0.25, 0.3) is 0 Å². The highest BCUT2D eigenvalue weighted by molar-refractivity contribution is 8.00. The molecule has 1 aliphatic rings. The minimum Gasteiger partial charge on any atom is -0.463 e. The summed E-state index contributed by atoms with van der Waals surface area (Å²) in [7, 11) is 0. The highest BCUT2D eigenvalue weighted by Crippen LogP contribution is 2.29. The molecule has 1 aromatic carbocycles. The molecule has 5 nitrogen and oxygen atoms in total. The molecule has 1 unspecified atom stereocenters. The van der Waals surface area contributed by atoms with Gasteiger partial charge < -0.3 is 15.4 Å². The van der Waals surface area contributed by atoms with E-state index in [0.29, 0.717) is 30.7 Å². The largest absolute Gasteiger partial charge is 0.463 e. The second-order valence-electron chi connectivity index (χ2n) is 5.50. The van der Waals surface area contributed by atoms with Crippen molar-refractivity contribution in [1.29, 1.82) is 0 Å². The highest BCUT2D eigenvalue weighted by Gasteiger charge is 2.27. The van der Waals surface area contributed by atoms with Crippen LogP contribution in [0.25, 0.3) is 0 Å². The van der Waals surface area contributed by atoms with Crippen molar-refractivity contribution in [1.82, 2.24) is 10.6 Å². The zero-order chi connectivity index (χ0) is 17.4. The van der Waals surface area contributed by atoms with Crippen molar-refractivity contribution in [3.8, 4) is 0 Å². The summed E-state index contributed by atoms with van der Waals surface area (Å²) in [5.74, 6) is -0.341. The van der Waals surface area contributed by atoms with Gasteiger partial charge in [-0.25, -0.2) is 9.59 Å². The van der Waals surface area contributed by atoms with Crippen LogP contribution in [0.3, 0.4) is 0 Å². The van der Waals surface area contributed by atoms with Crippen LogP contribution in [0, 0.1) is 0 Å². The SMILES string of the molecule is CCCCC1=C(C(=O)OCC)CC(Sc2ccccc2)NC(=O)N1. The summed E-state index contributed by atoms with van der Waals surface area (Å²) in [5.41, 5.74) is 1.25. The fraction of sp³-hybridized carbons (Fsp3) is 0.444. The molecule has 2 rings (SSSR count). The normalized spacial score (nSPS) is 17.8. The van der Waals surface area contributed by atoms with E-state index in [1.165, 1.54) is 11.8 Å². The Hall–Kier alpha value is -1.95. The number of rotatable bonds is 7. The van der Waals surface area contributed by atoms with Crippen LogP contribution in [0.5, 0.6) is 0 Å². The van der Waals surface area contributed by atoms with Crippen molar-refractivity contribution in [3.05, 3.63) is 41.6 Å². The Morgan fingerprint density at radius 3 is 2.71 bits per heavy atom. The molecule has 1 aliphatic heterocycles. The predicted octanol–water partition coefficient (Wildman–Crippen LogP) is 3.82. The number of allylic oxidation sites excluding steroid dienone is 1. The minimum atomic E-state index is -0.341. The standard InChI is InChI=1S/C18H24N2O3S/c1-3-5-11-15-14(17(21)23-4-2)12-16(20-18(22)19-15)24-13-9-7-6-8-10-13/h6-10,16H,3-5,11-12H2,1-2H3,(H2,19,20,22). The number of thioether (sulfide) groups is 1. The number of urea groups is 1. The lowest BCUT2D eigenvalue weighted by Gasteiger charge is -2.16. The summed E-state index contributed by atoms with van der Waals surface area (Å²) in [6, 6.07) is 9.56. The summed E-state index contributed by atoms with van der Waals surface area (Å²) in [6.07, 6.45) is 3.01. The van der Waals surface area contributed by atoms with Gasteiger partial charge in [0.05, 0.1) is 17.6 Å². The lowest BCUT2D eigenvalue weighted by Crippen LogP contribution is -2.37. The van der Waals surface area contributed by atoms with Crippen molar-refractivity contribution in [3.63, 3.8) is 0 Å². The highest BCUT2D eigenvalue weighted by atomic mass is 32.2. The van der Waals surface area contributed by atoms with Crippen molar-refractivity contribution in [2.75, 3.05) is 6.61 Å². The van der Waals surface area contributed by atoms with E-state index in [2.05, 4.69) is 17.6 Å². The monoisotopic (exact) mass is 348 g/mol. The van der Waals surface area contributed by atoms with Crippen molar-refractivity contribution in [2.24, 2.45) is 0 Å². The molecule has 0 aliphatic carbocycles. The van der Waals surface area contributed by atoms with E-state index < -0.39 is 0 Å². The second-order valence-corrected chi connectivity index (χ2v) is 6.78. The van der Waals surface area contributed by atoms with Crippen molar-refractivity contribution < 1.29 is 14.3 Å². The first-order valence-electron chi connectivity index (χ1n) is 8.32. The van der Waals surface area contributed by atoms with Gasteiger partial charge in [0.2, 0.25) is 0 Å². The number of carbonyl (C=O) groups excluding carboxylic acids is 2. The molecular weight excluding hydrogens is 324 g/mol. The van der Waals surface area contributed by atoms with Gasteiger partial charge in [-0.2, -0.15) is 0 Å². The van der Waals surface area contributed by atoms with Gasteiger partial charge in [-0.05, 0) is 31.9 Å². The van der Waals surface area contributed by atoms with Crippen molar-refractivity contribution >= 4 is 23.8 Å². The molecule has 1 heterocycles. The Labute approximate surface area is 147 Å². The van der Waals surface area contributed by atoms with Crippen LogP contribution >= 0.6 is 11.8 Å². The molecule has 0 radical (unpaired) electrons. The number of nitrogens with one attached hydrogen (secondary N) is 2. The molecule has 1 aromatic rings. The van der Waals surface area contributed by atoms with E-state index in [1.54, 1.807) is 6.92 Å². The van der Waals surface area contributed by atoms with Crippen LogP contribution in [0.4, 0.5) is 4.79 Å². The fourth-order valence-corrected chi connectivity index (χ4v) is 3.54. The quantitative estimate of drug-likeness (QED) is 0.735. The third-order valence-electron chi connectivity index (χ3n) is 3.63. The number of amides is 2. The summed E-state index contributed by atoms with van der Waals surface area (Å²) >= 11 is 1.53. The Bertz CT molecular complexity index is 602. The maximum atomic E-state index is 12.4. The number of unbranched alkanes of at least 4 members (excludes halogenated alkanes) is 1. The number of carbonyl (C=O) groups is 2. The summed E-state index contributed by atoms with van der Waals surface area (Å²) < 4.78 is 5.20. The molecule has 0 saturated carbocycles. The second kappa shape index (κ2) is 9.37. The van der Waals surface area contributed by atoms with E-state index >= 15 is 0 Å². The molecule has 6 heteroatoms. The van der Waals surface area contributed by atoms with E-state index in [4.69, 9.17) is 4.74 Å². The van der Waals surface area contributed by atoms with E-state index in [0.717, 1.165) is 17.7 Å². The fourth-order valence-electron chi connectivity index (χ4n) is 2.48. The Morgan fingerprint density at radius 1 is 1.29 bits per heavy atom. The van der Waals surface area contributed by atoms with Gasteiger partial charge in [-0.15, -0.1) is 11.8 Å². The molecule has 0 saturated heterocycles. The zero-order valence-electron chi connectivity index (χ0n) is 14.1. The smallest absolute Gasteiger partial charge is 0.335 e. The number of ether oxygens (including phenoxy) is 1. The minimum absolute atomic E-state index is 0.217. The van der Waals surface area contributed by atoms with E-state index in [9.17, 15) is 9.59 Å². The first-order chi connectivity index (χ1) is 11.6. The lowest BCUT2D eigenvalue weighted by molar-refractivity contribution is -0.138. The Morgan fingerprint density at radius 2 is 2.04 bits per heavy atom. The number of hydrogen-bond donors (Lipinski definition) is 2. The van der Waals surface area contributed by atoms with Crippen LogP contribution in [0.1, 0.15) is 39.5 Å². The maximum Gasteiger partial charge on any atom is 0.335 e. The van der Waals surface area contributed by atoms with Crippen LogP contribution in [-0.2, 0) is 9.53 Å². The topological polar surface area (TPSA) is 67.4 Å². The average molecular weight is 348 g/mol. The van der Waals surface area contributed by atoms with Gasteiger partial charge >= 0.3 is 12.0 Å². The molecule has 130 valence electrons. The molecule has 1 atom stereocenters. The zero-order valence-corrected chi connectivity index (χ0v) is 14.9. The molecular formula is C18H24N2O3S. The van der Waals surface area contributed by atoms with Gasteiger partial charge in [0, 0.05) is 17.0 Å². The van der Waals surface area contributed by atoms with Gasteiger partial charge in [0.1, 0.15) is 0 Å². The summed E-state index contributed by atoms with van der Waals surface area (Å²) in [4.78, 5) is 25.6. The van der Waals surface area contributed by atoms with Crippen molar-refractivity contribution in [2.45, 2.75) is 49.8 Å². The molecule has 24 heavy (non-hydrogen) atoms. The number of esters is 1. The molecule has 0 spiro atoms. The van der Waals surface area contributed by atoms with Crippen LogP contribution < -0.4 is 10.6 Å². The third-order valence-corrected chi connectivity index (χ3v) is 4.75. The summed E-state index contributed by atoms with van der Waals surface area (Å²) in [5, 5.41) is 5.54. The summed E-state index contributed by atoms with van der Waals surface area (Å²) in [6.45, 7) is 4.19. The van der Waals surface area contributed by atoms with Crippen LogP contribution in [0.2, 0.25) is 0 Å². The van der Waals surface area contributed by atoms with E-state index in [-0.39, 0.29) is 17.4 Å². The Kier molecular flexibility index (Phi) is 7.18. The first kappa shape index (κ1) is 18.4. The molecule has 0 aromatic heterocycles. The van der Waals surface area contributed by atoms with Crippen LogP contribution in [-0.4, -0.2) is 24.0 Å². The molecule has 2 N–H and O–H groups in total. The van der Waals surface area contributed by atoms with Gasteiger partial charge in [-0.3, -0.25) is 0 Å². The molecule has 0 fully saturated rings. The van der Waals surface area contributed by atoms with Gasteiger partial charge in [-0.1, -0.05) is 31.5 Å². The van der Waals surface area contributed by atoms with Gasteiger partial charge in [0.15, 0.2) is 0 Å². The average Bonchev–Trinajstić information content (AvgIpc) is 2.72.